The second kappa shape index (κ2) is 12.3. The number of esters is 1. The van der Waals surface area contributed by atoms with E-state index in [0.717, 1.165) is 77.8 Å². The van der Waals surface area contributed by atoms with Crippen molar-refractivity contribution in [2.24, 2.45) is 0 Å². The summed E-state index contributed by atoms with van der Waals surface area (Å²) in [7, 11) is 0. The molecule has 2 heterocycles. The summed E-state index contributed by atoms with van der Waals surface area (Å²) >= 11 is 0. The van der Waals surface area contributed by atoms with E-state index in [9.17, 15) is 14.4 Å². The molecule has 3 rings (SSSR count). The molecular weight excluding hydrogens is 500 g/mol. The second-order valence-corrected chi connectivity index (χ2v) is 12.3. The van der Waals surface area contributed by atoms with Gasteiger partial charge >= 0.3 is 18.2 Å². The maximum atomic E-state index is 13.1. The number of nitrogens with zero attached hydrogens (tertiary/aromatic N) is 3. The van der Waals surface area contributed by atoms with E-state index in [0.29, 0.717) is 6.61 Å². The van der Waals surface area contributed by atoms with Gasteiger partial charge in [0.05, 0.1) is 12.3 Å². The highest BCUT2D eigenvalue weighted by Gasteiger charge is 2.34. The molecule has 1 N–H and O–H groups in total. The average molecular weight is 545 g/mol. The molecule has 2 aromatic heterocycles. The number of carbonyl (C=O) groups excluding carboxylic acids is 3. The van der Waals surface area contributed by atoms with Crippen LogP contribution in [0.15, 0.2) is 0 Å². The fourth-order valence-electron chi connectivity index (χ4n) is 4.73. The predicted octanol–water partition coefficient (Wildman–Crippen LogP) is 6.00. The molecule has 1 aliphatic carbocycles. The van der Waals surface area contributed by atoms with E-state index >= 15 is 0 Å². The van der Waals surface area contributed by atoms with Crippen molar-refractivity contribution in [1.82, 2.24) is 20.1 Å². The van der Waals surface area contributed by atoms with Crippen LogP contribution in [0.5, 0.6) is 0 Å². The van der Waals surface area contributed by atoms with E-state index in [-0.39, 0.29) is 18.4 Å². The Morgan fingerprint density at radius 1 is 0.974 bits per heavy atom. The first-order valence-electron chi connectivity index (χ1n) is 13.9. The Hall–Kier alpha value is -3.17. The summed E-state index contributed by atoms with van der Waals surface area (Å²) in [5.41, 5.74) is 3.29. The lowest BCUT2D eigenvalue weighted by molar-refractivity contribution is -0.141. The van der Waals surface area contributed by atoms with E-state index in [1.165, 1.54) is 12.5 Å². The van der Waals surface area contributed by atoms with Gasteiger partial charge in [-0.05, 0) is 92.1 Å². The van der Waals surface area contributed by atoms with Crippen LogP contribution >= 0.6 is 0 Å². The molecule has 0 saturated heterocycles. The summed E-state index contributed by atoms with van der Waals surface area (Å²) in [6, 6.07) is 0. The zero-order valence-electron chi connectivity index (χ0n) is 24.7. The number of unbranched alkanes of at least 4 members (excludes halogenated alkanes) is 1. The Bertz CT molecular complexity index is 1160. The maximum absolute atomic E-state index is 13.1. The molecule has 39 heavy (non-hydrogen) atoms. The summed E-state index contributed by atoms with van der Waals surface area (Å²) < 4.78 is 16.2. The lowest BCUT2D eigenvalue weighted by atomic mass is 9.90. The molecule has 2 amide bonds. The average Bonchev–Trinajstić information content (AvgIpc) is 3.23. The van der Waals surface area contributed by atoms with E-state index in [4.69, 9.17) is 19.2 Å². The van der Waals surface area contributed by atoms with Crippen molar-refractivity contribution < 1.29 is 28.6 Å². The predicted molar refractivity (Wildman–Crippen MR) is 148 cm³/mol. The van der Waals surface area contributed by atoms with Gasteiger partial charge in [0.2, 0.25) is 0 Å². The smallest absolute Gasteiger partial charge is 0.419 e. The molecule has 0 fully saturated rings. The van der Waals surface area contributed by atoms with Crippen molar-refractivity contribution in [2.45, 2.75) is 117 Å². The number of hydrogen-bond acceptors (Lipinski definition) is 8. The molecule has 0 aliphatic heterocycles. The normalized spacial score (nSPS) is 14.5. The van der Waals surface area contributed by atoms with Crippen molar-refractivity contribution in [1.29, 1.82) is 0 Å². The van der Waals surface area contributed by atoms with Crippen LogP contribution in [0.2, 0.25) is 0 Å². The number of aryl methyl sites for hydroxylation is 3. The van der Waals surface area contributed by atoms with Gasteiger partial charge in [0.1, 0.15) is 16.7 Å². The summed E-state index contributed by atoms with van der Waals surface area (Å²) in [5.74, 6) is -0.590. The highest BCUT2D eigenvalue weighted by atomic mass is 16.6. The highest BCUT2D eigenvalue weighted by molar-refractivity contribution is 5.89. The second-order valence-electron chi connectivity index (χ2n) is 12.3. The summed E-state index contributed by atoms with van der Waals surface area (Å²) in [6.07, 6.45) is 4.84. The molecule has 0 radical (unpaired) electrons. The fourth-order valence-corrected chi connectivity index (χ4v) is 4.73. The van der Waals surface area contributed by atoms with Gasteiger partial charge in [0.15, 0.2) is 0 Å². The van der Waals surface area contributed by atoms with E-state index in [2.05, 4.69) is 10.2 Å². The van der Waals surface area contributed by atoms with Crippen molar-refractivity contribution in [3.8, 4) is 0 Å². The van der Waals surface area contributed by atoms with Crippen LogP contribution in [0.25, 0.3) is 10.9 Å². The molecule has 0 saturated carbocycles. The van der Waals surface area contributed by atoms with Gasteiger partial charge in [-0.25, -0.2) is 14.5 Å². The van der Waals surface area contributed by atoms with Crippen LogP contribution in [0, 0.1) is 0 Å². The van der Waals surface area contributed by atoms with Gasteiger partial charge in [0, 0.05) is 36.2 Å². The summed E-state index contributed by atoms with van der Waals surface area (Å²) in [5, 5.41) is 8.98. The molecule has 1 unspecified atom stereocenters. The lowest BCUT2D eigenvalue weighted by Gasteiger charge is -2.30. The molecule has 0 spiro atoms. The summed E-state index contributed by atoms with van der Waals surface area (Å²) in [4.78, 5) is 43.3. The minimum atomic E-state index is -0.773. The molecule has 0 aromatic carbocycles. The maximum Gasteiger partial charge on any atom is 0.419 e. The number of imide groups is 1. The molecule has 1 aliphatic rings. The van der Waals surface area contributed by atoms with Crippen molar-refractivity contribution >= 4 is 29.1 Å². The number of amides is 2. The Morgan fingerprint density at radius 2 is 1.59 bits per heavy atom. The van der Waals surface area contributed by atoms with Crippen LogP contribution in [0.4, 0.5) is 9.59 Å². The van der Waals surface area contributed by atoms with Gasteiger partial charge in [-0.3, -0.25) is 14.9 Å². The third kappa shape index (κ3) is 8.41. The zero-order chi connectivity index (χ0) is 29.0. The van der Waals surface area contributed by atoms with Crippen molar-refractivity contribution in [2.75, 3.05) is 13.2 Å². The first-order chi connectivity index (χ1) is 18.2. The highest BCUT2D eigenvalue weighted by Crippen LogP contribution is 2.34. The van der Waals surface area contributed by atoms with Crippen molar-refractivity contribution in [3.63, 3.8) is 0 Å². The third-order valence-electron chi connectivity index (χ3n) is 6.36. The monoisotopic (exact) mass is 544 g/mol. The minimum Gasteiger partial charge on any atom is -0.466 e. The Balaban J connectivity index is 1.93. The van der Waals surface area contributed by atoms with Crippen LogP contribution < -0.4 is 0 Å². The number of pyridine rings is 1. The first kappa shape index (κ1) is 30.4. The van der Waals surface area contributed by atoms with Crippen LogP contribution in [-0.4, -0.2) is 62.6 Å². The van der Waals surface area contributed by atoms with Crippen LogP contribution in [0.3, 0.4) is 0 Å². The number of ether oxygens (including phenoxy) is 3. The SMILES string of the molecule is CC(=O)OCCCCc1[nH]nc2c(C(C)CN(C(=O)OC(C)(C)C)C(=O)OC(C)(C)C)nc3c(c12)CCCC3. The molecule has 10 heteroatoms. The number of nitrogens with one attached hydrogen (secondary N) is 1. The topological polar surface area (TPSA) is 124 Å². The number of H-pyrrole nitrogens is 1. The van der Waals surface area contributed by atoms with E-state index < -0.39 is 23.4 Å². The lowest BCUT2D eigenvalue weighted by Crippen LogP contribution is -2.45. The minimum absolute atomic E-state index is 0.0370. The molecule has 1 atom stereocenters. The number of aromatic amines is 1. The van der Waals surface area contributed by atoms with Crippen molar-refractivity contribution in [3.05, 3.63) is 22.6 Å². The number of carbonyl (C=O) groups is 3. The van der Waals surface area contributed by atoms with Gasteiger partial charge in [0.25, 0.3) is 0 Å². The number of fused-ring (bicyclic) bond motifs is 3. The van der Waals surface area contributed by atoms with Gasteiger partial charge in [-0.15, -0.1) is 0 Å². The largest absolute Gasteiger partial charge is 0.466 e. The van der Waals surface area contributed by atoms with Gasteiger partial charge < -0.3 is 14.2 Å². The molecule has 2 aromatic rings. The molecule has 216 valence electrons. The van der Waals surface area contributed by atoms with Crippen LogP contribution in [-0.2, 0) is 38.3 Å². The molecular formula is C29H44N4O6. The van der Waals surface area contributed by atoms with Gasteiger partial charge in [-0.1, -0.05) is 6.92 Å². The van der Waals surface area contributed by atoms with E-state index in [1.807, 2.05) is 6.92 Å². The summed E-state index contributed by atoms with van der Waals surface area (Å²) in [6.45, 7) is 14.3. The standard InChI is InChI=1S/C29H44N4O6/c1-18(17-33(26(35)38-28(3,4)5)27(36)39-29(6,7)8)24-25-23(20-13-9-10-14-21(20)30-24)22(31-32-25)15-11-12-16-37-19(2)34/h18H,9-17H2,1-8H3,(H,31,32). The van der Waals surface area contributed by atoms with Gasteiger partial charge in [-0.2, -0.15) is 5.10 Å². The quantitative estimate of drug-likeness (QED) is 0.244. The Labute approximate surface area is 231 Å². The van der Waals surface area contributed by atoms with E-state index in [1.54, 1.807) is 41.5 Å². The molecule has 0 bridgehead atoms. The van der Waals surface area contributed by atoms with Crippen LogP contribution in [0.1, 0.15) is 110 Å². The number of rotatable bonds is 8. The fraction of sp³-hybridized carbons (Fsp3) is 0.690. The molecule has 10 nitrogen and oxygen atoms in total. The number of aromatic nitrogens is 3. The Kier molecular flexibility index (Phi) is 9.61. The number of hydrogen-bond donors (Lipinski definition) is 1. The third-order valence-corrected chi connectivity index (χ3v) is 6.36. The first-order valence-corrected chi connectivity index (χ1v) is 13.9. The zero-order valence-corrected chi connectivity index (χ0v) is 24.7. The Morgan fingerprint density at radius 3 is 2.18 bits per heavy atom.